The van der Waals surface area contributed by atoms with E-state index in [-0.39, 0.29) is 6.10 Å². The molecule has 0 bridgehead atoms. The molecule has 2 rings (SSSR count). The van der Waals surface area contributed by atoms with Gasteiger partial charge in [0, 0.05) is 11.8 Å². The molecule has 0 aromatic rings. The van der Waals surface area contributed by atoms with E-state index in [0.29, 0.717) is 18.2 Å². The number of amidine groups is 1. The third-order valence-corrected chi connectivity index (χ3v) is 3.85. The second-order valence-electron chi connectivity index (χ2n) is 4.25. The summed E-state index contributed by atoms with van der Waals surface area (Å²) in [4.78, 5) is 4.70. The number of thioether (sulfide) groups is 1. The average Bonchev–Trinajstić information content (AvgIpc) is 2.61. The van der Waals surface area contributed by atoms with Gasteiger partial charge in [-0.1, -0.05) is 11.8 Å². The SMILES string of the molecule is CC1CSC(=NC2CC(C)OC2C)N1. The largest absolute Gasteiger partial charge is 0.373 e. The van der Waals surface area contributed by atoms with Crippen molar-refractivity contribution < 1.29 is 4.74 Å². The first-order valence-electron chi connectivity index (χ1n) is 5.27. The predicted octanol–water partition coefficient (Wildman–Crippen LogP) is 1.63. The summed E-state index contributed by atoms with van der Waals surface area (Å²) in [5.74, 6) is 1.14. The van der Waals surface area contributed by atoms with Crippen molar-refractivity contribution in [2.45, 2.75) is 51.5 Å². The molecule has 0 aromatic heterocycles. The minimum Gasteiger partial charge on any atom is -0.373 e. The molecular formula is C10H18N2OS. The first-order valence-corrected chi connectivity index (χ1v) is 6.26. The van der Waals surface area contributed by atoms with Gasteiger partial charge in [-0.05, 0) is 27.2 Å². The highest BCUT2D eigenvalue weighted by molar-refractivity contribution is 8.14. The van der Waals surface area contributed by atoms with Crippen molar-refractivity contribution in [1.29, 1.82) is 0 Å². The number of hydrogen-bond acceptors (Lipinski definition) is 3. The van der Waals surface area contributed by atoms with E-state index in [9.17, 15) is 0 Å². The molecule has 2 aliphatic heterocycles. The molecule has 0 aromatic carbocycles. The molecule has 0 spiro atoms. The van der Waals surface area contributed by atoms with Gasteiger partial charge < -0.3 is 10.1 Å². The van der Waals surface area contributed by atoms with Crippen molar-refractivity contribution in [2.75, 3.05) is 5.75 Å². The third kappa shape index (κ3) is 2.23. The van der Waals surface area contributed by atoms with Crippen molar-refractivity contribution in [1.82, 2.24) is 5.32 Å². The van der Waals surface area contributed by atoms with Crippen molar-refractivity contribution in [3.05, 3.63) is 0 Å². The van der Waals surface area contributed by atoms with Crippen LogP contribution in [0.1, 0.15) is 27.2 Å². The van der Waals surface area contributed by atoms with Gasteiger partial charge in [-0.3, -0.25) is 4.99 Å². The highest BCUT2D eigenvalue weighted by Gasteiger charge is 2.30. The number of rotatable bonds is 1. The molecule has 0 radical (unpaired) electrons. The van der Waals surface area contributed by atoms with Crippen LogP contribution in [0.2, 0.25) is 0 Å². The number of nitrogens with zero attached hydrogens (tertiary/aromatic N) is 1. The van der Waals surface area contributed by atoms with E-state index in [1.807, 2.05) is 11.8 Å². The zero-order chi connectivity index (χ0) is 10.1. The van der Waals surface area contributed by atoms with Gasteiger partial charge in [-0.25, -0.2) is 0 Å². The predicted molar refractivity (Wildman–Crippen MR) is 60.9 cm³/mol. The average molecular weight is 214 g/mol. The maximum Gasteiger partial charge on any atom is 0.157 e. The van der Waals surface area contributed by atoms with Gasteiger partial charge >= 0.3 is 0 Å². The zero-order valence-electron chi connectivity index (χ0n) is 8.99. The minimum atomic E-state index is 0.274. The van der Waals surface area contributed by atoms with Gasteiger partial charge in [0.1, 0.15) is 0 Å². The Labute approximate surface area is 89.7 Å². The molecule has 2 fully saturated rings. The smallest absolute Gasteiger partial charge is 0.157 e. The van der Waals surface area contributed by atoms with Crippen LogP contribution in [0, 0.1) is 0 Å². The van der Waals surface area contributed by atoms with Crippen LogP contribution in [0.4, 0.5) is 0 Å². The molecule has 0 amide bonds. The molecule has 0 saturated carbocycles. The summed E-state index contributed by atoms with van der Waals surface area (Å²) >= 11 is 1.82. The lowest BCUT2D eigenvalue weighted by Gasteiger charge is -2.10. The fraction of sp³-hybridized carbons (Fsp3) is 0.900. The van der Waals surface area contributed by atoms with E-state index in [1.165, 1.54) is 0 Å². The lowest BCUT2D eigenvalue weighted by Crippen LogP contribution is -2.26. The Bertz CT molecular complexity index is 244. The summed E-state index contributed by atoms with van der Waals surface area (Å²) in [5.41, 5.74) is 0. The van der Waals surface area contributed by atoms with Gasteiger partial charge in [-0.2, -0.15) is 0 Å². The second-order valence-corrected chi connectivity index (χ2v) is 5.25. The molecule has 2 saturated heterocycles. The lowest BCUT2D eigenvalue weighted by molar-refractivity contribution is 0.0639. The zero-order valence-corrected chi connectivity index (χ0v) is 9.80. The normalized spacial score (nSPS) is 45.8. The van der Waals surface area contributed by atoms with Crippen LogP contribution in [0.3, 0.4) is 0 Å². The van der Waals surface area contributed by atoms with Crippen LogP contribution in [0.25, 0.3) is 0 Å². The molecule has 4 heteroatoms. The number of ether oxygens (including phenoxy) is 1. The maximum absolute atomic E-state index is 5.67. The summed E-state index contributed by atoms with van der Waals surface area (Å²) in [6.45, 7) is 6.42. The van der Waals surface area contributed by atoms with E-state index >= 15 is 0 Å². The maximum atomic E-state index is 5.67. The topological polar surface area (TPSA) is 33.6 Å². The Morgan fingerprint density at radius 1 is 1.43 bits per heavy atom. The Kier molecular flexibility index (Phi) is 3.02. The molecular weight excluding hydrogens is 196 g/mol. The Morgan fingerprint density at radius 3 is 2.71 bits per heavy atom. The van der Waals surface area contributed by atoms with Crippen molar-refractivity contribution >= 4 is 16.9 Å². The molecule has 2 heterocycles. The number of nitrogens with one attached hydrogen (secondary N) is 1. The van der Waals surface area contributed by atoms with Gasteiger partial charge in [0.2, 0.25) is 0 Å². The summed E-state index contributed by atoms with van der Waals surface area (Å²) in [6, 6.07) is 0.916. The quantitative estimate of drug-likeness (QED) is 0.720. The molecule has 3 nitrogen and oxygen atoms in total. The standard InChI is InChI=1S/C10H18N2OS/c1-6-5-14-10(11-6)12-9-4-7(2)13-8(9)3/h6-9H,4-5H2,1-3H3,(H,11,12). The molecule has 0 aliphatic carbocycles. The third-order valence-electron chi connectivity index (χ3n) is 2.69. The van der Waals surface area contributed by atoms with E-state index in [4.69, 9.17) is 9.73 Å². The summed E-state index contributed by atoms with van der Waals surface area (Å²) in [7, 11) is 0. The number of aliphatic imine (C=N–C) groups is 1. The van der Waals surface area contributed by atoms with Gasteiger partial charge in [0.25, 0.3) is 0 Å². The second kappa shape index (κ2) is 4.11. The molecule has 4 unspecified atom stereocenters. The van der Waals surface area contributed by atoms with Gasteiger partial charge in [0.15, 0.2) is 5.17 Å². The van der Waals surface area contributed by atoms with Crippen LogP contribution < -0.4 is 5.32 Å². The molecule has 14 heavy (non-hydrogen) atoms. The summed E-state index contributed by atoms with van der Waals surface area (Å²) < 4.78 is 5.67. The van der Waals surface area contributed by atoms with Crippen LogP contribution in [0.5, 0.6) is 0 Å². The molecule has 1 N–H and O–H groups in total. The molecule has 4 atom stereocenters. The Morgan fingerprint density at radius 2 is 2.21 bits per heavy atom. The van der Waals surface area contributed by atoms with Crippen LogP contribution in [-0.2, 0) is 4.74 Å². The highest BCUT2D eigenvalue weighted by atomic mass is 32.2. The van der Waals surface area contributed by atoms with Gasteiger partial charge in [-0.15, -0.1) is 0 Å². The Balaban J connectivity index is 1.96. The van der Waals surface area contributed by atoms with Crippen LogP contribution in [-0.4, -0.2) is 35.2 Å². The fourth-order valence-electron chi connectivity index (χ4n) is 1.93. The van der Waals surface area contributed by atoms with E-state index < -0.39 is 0 Å². The number of hydrogen-bond donors (Lipinski definition) is 1. The lowest BCUT2D eigenvalue weighted by atomic mass is 10.1. The first-order chi connectivity index (χ1) is 6.65. The van der Waals surface area contributed by atoms with Crippen LogP contribution >= 0.6 is 11.8 Å². The monoisotopic (exact) mass is 214 g/mol. The first kappa shape index (κ1) is 10.3. The fourth-order valence-corrected chi connectivity index (χ4v) is 2.91. The van der Waals surface area contributed by atoms with Crippen molar-refractivity contribution in [3.63, 3.8) is 0 Å². The molecule has 2 aliphatic rings. The van der Waals surface area contributed by atoms with E-state index in [0.717, 1.165) is 17.3 Å². The Hall–Kier alpha value is -0.220. The van der Waals surface area contributed by atoms with Crippen molar-refractivity contribution in [3.8, 4) is 0 Å². The van der Waals surface area contributed by atoms with E-state index in [1.54, 1.807) is 0 Å². The highest BCUT2D eigenvalue weighted by Crippen LogP contribution is 2.24. The van der Waals surface area contributed by atoms with Gasteiger partial charge in [0.05, 0.1) is 18.2 Å². The summed E-state index contributed by atoms with van der Waals surface area (Å²) in [6.07, 6.45) is 1.69. The van der Waals surface area contributed by atoms with Crippen molar-refractivity contribution in [2.24, 2.45) is 4.99 Å². The summed E-state index contributed by atoms with van der Waals surface area (Å²) in [5, 5.41) is 4.48. The molecule has 80 valence electrons. The van der Waals surface area contributed by atoms with E-state index in [2.05, 4.69) is 26.1 Å². The minimum absolute atomic E-state index is 0.274. The van der Waals surface area contributed by atoms with Crippen LogP contribution in [0.15, 0.2) is 4.99 Å².